The molecule has 0 saturated carbocycles. The molecule has 3 N–H and O–H groups in total. The van der Waals surface area contributed by atoms with Gasteiger partial charge in [-0.05, 0) is 57.8 Å². The maximum absolute atomic E-state index is 12.4. The van der Waals surface area contributed by atoms with Crippen molar-refractivity contribution >= 4 is 5.91 Å². The predicted molar refractivity (Wildman–Crippen MR) is 230 cm³/mol. The second kappa shape index (κ2) is 43.5. The number of allylic oxidation sites excluding steroid dienone is 9. The van der Waals surface area contributed by atoms with Crippen LogP contribution in [0.4, 0.5) is 0 Å². The molecule has 0 bridgehead atoms. The normalized spacial score (nSPS) is 13.5. The van der Waals surface area contributed by atoms with Crippen molar-refractivity contribution in [2.24, 2.45) is 0 Å². The van der Waals surface area contributed by atoms with E-state index in [0.29, 0.717) is 6.42 Å². The molecule has 1 amide bonds. The fourth-order valence-electron chi connectivity index (χ4n) is 6.58. The molecule has 4 heteroatoms. The summed E-state index contributed by atoms with van der Waals surface area (Å²) in [5.41, 5.74) is 0. The summed E-state index contributed by atoms with van der Waals surface area (Å²) >= 11 is 0. The first-order valence-corrected chi connectivity index (χ1v) is 22.5. The predicted octanol–water partition coefficient (Wildman–Crippen LogP) is 14.1. The SMILES string of the molecule is CC/C=C\C/C=C\C/C=C\C/C=C\CCCCCCCCC(=O)NC(CO)C(O)/C=C/CCCCCCCCCCCCCCCCCCCCC. The van der Waals surface area contributed by atoms with Crippen LogP contribution >= 0.6 is 0 Å². The molecule has 0 aliphatic rings. The van der Waals surface area contributed by atoms with Crippen molar-refractivity contribution in [2.45, 2.75) is 231 Å². The monoisotopic (exact) mass is 726 g/mol. The Balaban J connectivity index is 3.60. The van der Waals surface area contributed by atoms with E-state index < -0.39 is 12.1 Å². The van der Waals surface area contributed by atoms with Gasteiger partial charge in [-0.3, -0.25) is 4.79 Å². The third kappa shape index (κ3) is 39.3. The molecule has 0 aromatic carbocycles. The van der Waals surface area contributed by atoms with Crippen molar-refractivity contribution in [1.29, 1.82) is 0 Å². The third-order valence-corrected chi connectivity index (χ3v) is 10.0. The highest BCUT2D eigenvalue weighted by Crippen LogP contribution is 2.15. The average molecular weight is 726 g/mol. The van der Waals surface area contributed by atoms with E-state index in [9.17, 15) is 15.0 Å². The molecule has 0 spiro atoms. The average Bonchev–Trinajstić information content (AvgIpc) is 3.15. The molecule has 0 aromatic heterocycles. The summed E-state index contributed by atoms with van der Waals surface area (Å²) in [6.45, 7) is 4.19. The summed E-state index contributed by atoms with van der Waals surface area (Å²) in [5, 5.41) is 23.0. The van der Waals surface area contributed by atoms with Gasteiger partial charge in [-0.1, -0.05) is 216 Å². The first-order valence-electron chi connectivity index (χ1n) is 22.5. The fourth-order valence-corrected chi connectivity index (χ4v) is 6.58. The molecular weight excluding hydrogens is 639 g/mol. The van der Waals surface area contributed by atoms with Gasteiger partial charge in [-0.25, -0.2) is 0 Å². The summed E-state index contributed by atoms with van der Waals surface area (Å²) in [4.78, 5) is 12.4. The van der Waals surface area contributed by atoms with Gasteiger partial charge in [0.05, 0.1) is 18.8 Å². The summed E-state index contributed by atoms with van der Waals surface area (Å²) in [6, 6.07) is -0.632. The molecule has 2 atom stereocenters. The third-order valence-electron chi connectivity index (χ3n) is 10.0. The zero-order valence-corrected chi connectivity index (χ0v) is 34.6. The van der Waals surface area contributed by atoms with Crippen LogP contribution in [0, 0.1) is 0 Å². The first-order chi connectivity index (χ1) is 25.7. The van der Waals surface area contributed by atoms with Crippen LogP contribution in [0.15, 0.2) is 60.8 Å². The maximum atomic E-state index is 12.4. The quantitative estimate of drug-likeness (QED) is 0.0435. The van der Waals surface area contributed by atoms with Crippen molar-refractivity contribution in [3.05, 3.63) is 60.8 Å². The molecular formula is C48H87NO3. The highest BCUT2D eigenvalue weighted by Gasteiger charge is 2.17. The molecule has 0 aliphatic carbocycles. The second-order valence-corrected chi connectivity index (χ2v) is 15.1. The zero-order chi connectivity index (χ0) is 37.8. The number of nitrogens with one attached hydrogen (secondary N) is 1. The fraction of sp³-hybridized carbons (Fsp3) is 0.771. The molecule has 0 saturated heterocycles. The van der Waals surface area contributed by atoms with E-state index in [1.165, 1.54) is 135 Å². The summed E-state index contributed by atoms with van der Waals surface area (Å²) in [6.07, 6.45) is 60.4. The maximum Gasteiger partial charge on any atom is 0.220 e. The van der Waals surface area contributed by atoms with Crippen LogP contribution in [0.5, 0.6) is 0 Å². The van der Waals surface area contributed by atoms with Crippen LogP contribution in [0.2, 0.25) is 0 Å². The number of amides is 1. The minimum atomic E-state index is -0.848. The van der Waals surface area contributed by atoms with E-state index in [2.05, 4.69) is 67.8 Å². The molecule has 0 aliphatic heterocycles. The largest absolute Gasteiger partial charge is 0.394 e. The first kappa shape index (κ1) is 50.1. The topological polar surface area (TPSA) is 69.6 Å². The Morgan fingerprint density at radius 3 is 1.27 bits per heavy atom. The molecule has 52 heavy (non-hydrogen) atoms. The number of hydrogen-bond donors (Lipinski definition) is 3. The zero-order valence-electron chi connectivity index (χ0n) is 34.6. The van der Waals surface area contributed by atoms with Crippen molar-refractivity contribution in [3.8, 4) is 0 Å². The Bertz CT molecular complexity index is 873. The lowest BCUT2D eigenvalue weighted by atomic mass is 10.0. The summed E-state index contributed by atoms with van der Waals surface area (Å²) in [7, 11) is 0. The smallest absolute Gasteiger partial charge is 0.220 e. The van der Waals surface area contributed by atoms with E-state index in [4.69, 9.17) is 0 Å². The van der Waals surface area contributed by atoms with Gasteiger partial charge in [-0.2, -0.15) is 0 Å². The number of aliphatic hydroxyl groups excluding tert-OH is 2. The van der Waals surface area contributed by atoms with Gasteiger partial charge in [-0.15, -0.1) is 0 Å². The summed E-state index contributed by atoms with van der Waals surface area (Å²) < 4.78 is 0. The Labute approximate surface area is 324 Å². The van der Waals surface area contributed by atoms with Gasteiger partial charge in [0, 0.05) is 6.42 Å². The lowest BCUT2D eigenvalue weighted by Gasteiger charge is -2.20. The standard InChI is InChI=1S/C48H87NO3/c1-3-5-7-9-11-13-15-17-19-21-23-24-26-27-29-31-33-35-37-39-41-43-47(51)46(45-50)49-48(52)44-42-40-38-36-34-32-30-28-25-22-20-18-16-14-12-10-8-6-4-2/h6,8,12,14,18,20,25,28,41,43,46-47,50-51H,3-5,7,9-11,13,15-17,19,21-24,26-27,29-40,42,44-45H2,1-2H3,(H,49,52)/b8-6-,14-12-,20-18-,28-25-,43-41+. The van der Waals surface area contributed by atoms with Gasteiger partial charge in [0.25, 0.3) is 0 Å². The Morgan fingerprint density at radius 1 is 0.481 bits per heavy atom. The lowest BCUT2D eigenvalue weighted by Crippen LogP contribution is -2.45. The highest BCUT2D eigenvalue weighted by atomic mass is 16.3. The molecule has 0 fully saturated rings. The molecule has 0 aromatic rings. The van der Waals surface area contributed by atoms with Gasteiger partial charge < -0.3 is 15.5 Å². The van der Waals surface area contributed by atoms with Crippen LogP contribution in [0.1, 0.15) is 219 Å². The molecule has 0 heterocycles. The number of unbranched alkanes of at least 4 members (excludes halogenated alkanes) is 25. The van der Waals surface area contributed by atoms with Crippen LogP contribution < -0.4 is 5.32 Å². The van der Waals surface area contributed by atoms with Crippen LogP contribution in [-0.2, 0) is 4.79 Å². The van der Waals surface area contributed by atoms with E-state index in [0.717, 1.165) is 64.2 Å². The number of rotatable bonds is 40. The van der Waals surface area contributed by atoms with E-state index in [-0.39, 0.29) is 12.5 Å². The van der Waals surface area contributed by atoms with Crippen molar-refractivity contribution in [2.75, 3.05) is 6.61 Å². The molecule has 2 unspecified atom stereocenters. The highest BCUT2D eigenvalue weighted by molar-refractivity contribution is 5.76. The van der Waals surface area contributed by atoms with Gasteiger partial charge in [0.1, 0.15) is 0 Å². The summed E-state index contributed by atoms with van der Waals surface area (Å²) in [5.74, 6) is -0.0790. The minimum absolute atomic E-state index is 0.0790. The molecule has 0 rings (SSSR count). The second-order valence-electron chi connectivity index (χ2n) is 15.1. The van der Waals surface area contributed by atoms with Gasteiger partial charge >= 0.3 is 0 Å². The number of carbonyl (C=O) groups is 1. The Hall–Kier alpha value is -1.91. The Morgan fingerprint density at radius 2 is 0.846 bits per heavy atom. The number of aliphatic hydroxyl groups is 2. The van der Waals surface area contributed by atoms with Crippen molar-refractivity contribution in [1.82, 2.24) is 5.32 Å². The Kier molecular flexibility index (Phi) is 41.9. The number of carbonyl (C=O) groups excluding carboxylic acids is 1. The van der Waals surface area contributed by atoms with Crippen LogP contribution in [0.25, 0.3) is 0 Å². The van der Waals surface area contributed by atoms with E-state index in [1.54, 1.807) is 6.08 Å². The van der Waals surface area contributed by atoms with Gasteiger partial charge in [0.15, 0.2) is 0 Å². The number of hydrogen-bond acceptors (Lipinski definition) is 3. The van der Waals surface area contributed by atoms with Gasteiger partial charge in [0.2, 0.25) is 5.91 Å². The molecule has 302 valence electrons. The lowest BCUT2D eigenvalue weighted by molar-refractivity contribution is -0.123. The van der Waals surface area contributed by atoms with Crippen LogP contribution in [0.3, 0.4) is 0 Å². The van der Waals surface area contributed by atoms with E-state index >= 15 is 0 Å². The molecule has 0 radical (unpaired) electrons. The van der Waals surface area contributed by atoms with Crippen molar-refractivity contribution < 1.29 is 15.0 Å². The van der Waals surface area contributed by atoms with Crippen LogP contribution in [-0.4, -0.2) is 34.9 Å². The van der Waals surface area contributed by atoms with E-state index in [1.807, 2.05) is 6.08 Å². The minimum Gasteiger partial charge on any atom is -0.394 e. The van der Waals surface area contributed by atoms with Crippen molar-refractivity contribution in [3.63, 3.8) is 0 Å². The molecule has 4 nitrogen and oxygen atoms in total.